The van der Waals surface area contributed by atoms with Gasteiger partial charge in [0.05, 0.1) is 0 Å². The Balaban J connectivity index is 4.33. The van der Waals surface area contributed by atoms with Crippen LogP contribution in [0.4, 0.5) is 0 Å². The largest absolute Gasteiger partial charge is 0.351 e. The molecule has 0 unspecified atom stereocenters. The molecule has 0 rings (SSSR count). The SMILES string of the molecule is CCC(=O)NC(C)(C)C(C)(C)C. The summed E-state index contributed by atoms with van der Waals surface area (Å²) in [4.78, 5) is 11.2. The number of rotatable bonds is 2. The summed E-state index contributed by atoms with van der Waals surface area (Å²) in [5.41, 5.74) is -0.0437. The van der Waals surface area contributed by atoms with Gasteiger partial charge in [-0.1, -0.05) is 27.7 Å². The molecule has 0 fully saturated rings. The van der Waals surface area contributed by atoms with Crippen molar-refractivity contribution in [2.24, 2.45) is 5.41 Å². The fraction of sp³-hybridized carbons (Fsp3) is 0.900. The van der Waals surface area contributed by atoms with Crippen LogP contribution in [0.1, 0.15) is 48.0 Å². The highest BCUT2D eigenvalue weighted by Gasteiger charge is 2.33. The van der Waals surface area contributed by atoms with Crippen LogP contribution in [0.5, 0.6) is 0 Å². The van der Waals surface area contributed by atoms with E-state index < -0.39 is 0 Å². The van der Waals surface area contributed by atoms with Gasteiger partial charge in [0.2, 0.25) is 5.91 Å². The third-order valence-corrected chi connectivity index (χ3v) is 2.65. The van der Waals surface area contributed by atoms with Gasteiger partial charge in [0.1, 0.15) is 0 Å². The second kappa shape index (κ2) is 3.46. The molecular formula is C10H21NO. The zero-order valence-corrected chi connectivity index (χ0v) is 9.12. The maximum atomic E-state index is 11.2. The number of hydrogen-bond acceptors (Lipinski definition) is 1. The lowest BCUT2D eigenvalue weighted by molar-refractivity contribution is -0.123. The Morgan fingerprint density at radius 2 is 1.58 bits per heavy atom. The summed E-state index contributed by atoms with van der Waals surface area (Å²) in [5, 5.41) is 3.01. The number of amides is 1. The molecule has 0 aliphatic carbocycles. The van der Waals surface area contributed by atoms with Gasteiger partial charge in [0, 0.05) is 12.0 Å². The predicted molar refractivity (Wildman–Crippen MR) is 52.0 cm³/mol. The van der Waals surface area contributed by atoms with E-state index in [1.807, 2.05) is 6.92 Å². The minimum Gasteiger partial charge on any atom is -0.351 e. The lowest BCUT2D eigenvalue weighted by atomic mass is 9.76. The van der Waals surface area contributed by atoms with Gasteiger partial charge >= 0.3 is 0 Å². The molecule has 1 amide bonds. The zero-order valence-electron chi connectivity index (χ0n) is 9.12. The number of hydrogen-bond donors (Lipinski definition) is 1. The molecule has 0 aromatic carbocycles. The van der Waals surface area contributed by atoms with Gasteiger partial charge in [-0.3, -0.25) is 4.79 Å². The monoisotopic (exact) mass is 171 g/mol. The van der Waals surface area contributed by atoms with Gasteiger partial charge in [0.15, 0.2) is 0 Å². The molecule has 0 saturated heterocycles. The second-order valence-electron chi connectivity index (χ2n) is 4.78. The third-order valence-electron chi connectivity index (χ3n) is 2.65. The first kappa shape index (κ1) is 11.5. The van der Waals surface area contributed by atoms with Crippen molar-refractivity contribution in [3.05, 3.63) is 0 Å². The van der Waals surface area contributed by atoms with Crippen LogP contribution < -0.4 is 5.32 Å². The van der Waals surface area contributed by atoms with Crippen LogP contribution in [0.25, 0.3) is 0 Å². The first-order chi connectivity index (χ1) is 5.20. The molecule has 0 bridgehead atoms. The van der Waals surface area contributed by atoms with Crippen molar-refractivity contribution < 1.29 is 4.79 Å². The van der Waals surface area contributed by atoms with Gasteiger partial charge in [0.25, 0.3) is 0 Å². The third kappa shape index (κ3) is 2.84. The Kier molecular flexibility index (Phi) is 3.31. The van der Waals surface area contributed by atoms with Gasteiger partial charge in [-0.15, -0.1) is 0 Å². The van der Waals surface area contributed by atoms with Crippen LogP contribution in [0.15, 0.2) is 0 Å². The maximum absolute atomic E-state index is 11.2. The van der Waals surface area contributed by atoms with Crippen LogP contribution in [0.3, 0.4) is 0 Å². The van der Waals surface area contributed by atoms with E-state index in [0.717, 1.165) is 0 Å². The van der Waals surface area contributed by atoms with E-state index in [4.69, 9.17) is 0 Å². The van der Waals surface area contributed by atoms with Gasteiger partial charge < -0.3 is 5.32 Å². The van der Waals surface area contributed by atoms with Crippen molar-refractivity contribution in [1.29, 1.82) is 0 Å². The van der Waals surface area contributed by atoms with Crippen molar-refractivity contribution in [2.45, 2.75) is 53.5 Å². The summed E-state index contributed by atoms with van der Waals surface area (Å²) in [7, 11) is 0. The second-order valence-corrected chi connectivity index (χ2v) is 4.78. The molecule has 0 heterocycles. The molecular weight excluding hydrogens is 150 g/mol. The molecule has 0 saturated carbocycles. The van der Waals surface area contributed by atoms with E-state index >= 15 is 0 Å². The molecule has 72 valence electrons. The van der Waals surface area contributed by atoms with E-state index in [9.17, 15) is 4.79 Å². The average molecular weight is 171 g/mol. The molecule has 0 aromatic heterocycles. The lowest BCUT2D eigenvalue weighted by Gasteiger charge is -2.39. The Hall–Kier alpha value is -0.530. The molecule has 0 spiro atoms. The number of nitrogens with one attached hydrogen (secondary N) is 1. The van der Waals surface area contributed by atoms with Crippen molar-refractivity contribution in [3.63, 3.8) is 0 Å². The van der Waals surface area contributed by atoms with E-state index in [-0.39, 0.29) is 16.9 Å². The Labute approximate surface area is 75.7 Å². The maximum Gasteiger partial charge on any atom is 0.220 e. The fourth-order valence-corrected chi connectivity index (χ4v) is 0.624. The molecule has 2 heteroatoms. The molecule has 12 heavy (non-hydrogen) atoms. The van der Waals surface area contributed by atoms with Crippen LogP contribution in [0.2, 0.25) is 0 Å². The first-order valence-corrected chi connectivity index (χ1v) is 4.51. The fourth-order valence-electron chi connectivity index (χ4n) is 0.624. The van der Waals surface area contributed by atoms with Crippen molar-refractivity contribution >= 4 is 5.91 Å². The van der Waals surface area contributed by atoms with Crippen LogP contribution in [-0.4, -0.2) is 11.4 Å². The van der Waals surface area contributed by atoms with E-state index in [1.165, 1.54) is 0 Å². The smallest absolute Gasteiger partial charge is 0.220 e. The minimum atomic E-state index is -0.139. The van der Waals surface area contributed by atoms with Crippen molar-refractivity contribution in [2.75, 3.05) is 0 Å². The van der Waals surface area contributed by atoms with Crippen LogP contribution in [-0.2, 0) is 4.79 Å². The standard InChI is InChI=1S/C10H21NO/c1-7-8(12)11-10(5,6)9(2,3)4/h7H2,1-6H3,(H,11,12). The minimum absolute atomic E-state index is 0.0951. The summed E-state index contributed by atoms with van der Waals surface area (Å²) in [6, 6.07) is 0. The summed E-state index contributed by atoms with van der Waals surface area (Å²) in [5.74, 6) is 0.120. The lowest BCUT2D eigenvalue weighted by Crippen LogP contribution is -2.52. The predicted octanol–water partition coefficient (Wildman–Crippen LogP) is 2.34. The molecule has 0 atom stereocenters. The molecule has 0 aliphatic rings. The summed E-state index contributed by atoms with van der Waals surface area (Å²) in [6.45, 7) is 12.4. The Morgan fingerprint density at radius 1 is 1.17 bits per heavy atom. The highest BCUT2D eigenvalue weighted by atomic mass is 16.1. The highest BCUT2D eigenvalue weighted by molar-refractivity contribution is 5.76. The number of carbonyl (C=O) groups excluding carboxylic acids is 1. The highest BCUT2D eigenvalue weighted by Crippen LogP contribution is 2.29. The molecule has 1 N–H and O–H groups in total. The van der Waals surface area contributed by atoms with Crippen molar-refractivity contribution in [3.8, 4) is 0 Å². The summed E-state index contributed by atoms with van der Waals surface area (Å²) in [6.07, 6.45) is 0.555. The average Bonchev–Trinajstić information content (AvgIpc) is 1.84. The molecule has 0 aromatic rings. The topological polar surface area (TPSA) is 29.1 Å². The van der Waals surface area contributed by atoms with Gasteiger partial charge in [-0.2, -0.15) is 0 Å². The quantitative estimate of drug-likeness (QED) is 0.679. The van der Waals surface area contributed by atoms with Crippen LogP contribution in [0, 0.1) is 5.41 Å². The summed E-state index contributed by atoms with van der Waals surface area (Å²) >= 11 is 0. The van der Waals surface area contributed by atoms with E-state index in [1.54, 1.807) is 0 Å². The Morgan fingerprint density at radius 3 is 1.83 bits per heavy atom. The van der Waals surface area contributed by atoms with Gasteiger partial charge in [-0.05, 0) is 19.3 Å². The normalized spacial score (nSPS) is 12.8. The molecule has 2 nitrogen and oxygen atoms in total. The Bertz CT molecular complexity index is 165. The number of carbonyl (C=O) groups is 1. The van der Waals surface area contributed by atoms with Crippen LogP contribution >= 0.6 is 0 Å². The zero-order chi connectivity index (χ0) is 9.99. The van der Waals surface area contributed by atoms with Crippen molar-refractivity contribution in [1.82, 2.24) is 5.32 Å². The molecule has 0 aliphatic heterocycles. The van der Waals surface area contributed by atoms with E-state index in [2.05, 4.69) is 39.9 Å². The van der Waals surface area contributed by atoms with E-state index in [0.29, 0.717) is 6.42 Å². The van der Waals surface area contributed by atoms with Gasteiger partial charge in [-0.25, -0.2) is 0 Å². The summed E-state index contributed by atoms with van der Waals surface area (Å²) < 4.78 is 0. The molecule has 0 radical (unpaired) electrons. The first-order valence-electron chi connectivity index (χ1n) is 4.51.